The van der Waals surface area contributed by atoms with E-state index in [1.54, 1.807) is 13.8 Å². The molecule has 184 valence electrons. The molecule has 0 unspecified atom stereocenters. The van der Waals surface area contributed by atoms with Crippen molar-refractivity contribution in [3.8, 4) is 11.1 Å². The normalized spacial score (nSPS) is 19.6. The number of carbonyl (C=O) groups excluding carboxylic acids is 2. The molecule has 3 aliphatic rings. The SMILES string of the molecule is CC(C)[C@@H](NC(=O)C1(NC(=O)OCC2c3ccccc3-c3ccccc32)CC2(CCC2)C1)C(=O)O. The number of hydrogen-bond acceptors (Lipinski definition) is 4. The molecule has 0 aliphatic heterocycles. The van der Waals surface area contributed by atoms with Gasteiger partial charge in [0.2, 0.25) is 5.91 Å². The topological polar surface area (TPSA) is 105 Å². The van der Waals surface area contributed by atoms with Crippen molar-refractivity contribution in [3.63, 3.8) is 0 Å². The summed E-state index contributed by atoms with van der Waals surface area (Å²) in [7, 11) is 0. The first-order valence-corrected chi connectivity index (χ1v) is 12.4. The number of carboxylic acids is 1. The van der Waals surface area contributed by atoms with E-state index < -0.39 is 29.6 Å². The molecule has 7 nitrogen and oxygen atoms in total. The van der Waals surface area contributed by atoms with Gasteiger partial charge in [0.05, 0.1) is 0 Å². The van der Waals surface area contributed by atoms with Crippen LogP contribution in [0.15, 0.2) is 48.5 Å². The van der Waals surface area contributed by atoms with Gasteiger partial charge in [-0.25, -0.2) is 9.59 Å². The van der Waals surface area contributed by atoms with E-state index in [4.69, 9.17) is 4.74 Å². The van der Waals surface area contributed by atoms with Gasteiger partial charge in [-0.1, -0.05) is 68.8 Å². The number of aliphatic carboxylic acids is 1. The third-order valence-electron chi connectivity index (χ3n) is 8.11. The predicted octanol–water partition coefficient (Wildman–Crippen LogP) is 4.45. The zero-order valence-electron chi connectivity index (χ0n) is 20.2. The molecule has 2 amide bonds. The number of ether oxygens (including phenoxy) is 1. The lowest BCUT2D eigenvalue weighted by molar-refractivity contribution is -0.150. The Balaban J connectivity index is 1.29. The minimum Gasteiger partial charge on any atom is -0.480 e. The highest BCUT2D eigenvalue weighted by Crippen LogP contribution is 2.60. The summed E-state index contributed by atoms with van der Waals surface area (Å²) in [6, 6.07) is 15.2. The smallest absolute Gasteiger partial charge is 0.408 e. The van der Waals surface area contributed by atoms with E-state index in [1.165, 1.54) is 0 Å². The molecule has 0 bridgehead atoms. The highest BCUT2D eigenvalue weighted by atomic mass is 16.5. The zero-order chi connectivity index (χ0) is 24.8. The summed E-state index contributed by atoms with van der Waals surface area (Å²) < 4.78 is 5.69. The molecule has 0 radical (unpaired) electrons. The lowest BCUT2D eigenvalue weighted by Crippen LogP contribution is -2.71. The van der Waals surface area contributed by atoms with Crippen LogP contribution in [-0.2, 0) is 14.3 Å². The summed E-state index contributed by atoms with van der Waals surface area (Å²) in [4.78, 5) is 37.9. The van der Waals surface area contributed by atoms with Gasteiger partial charge in [-0.3, -0.25) is 4.79 Å². The number of nitrogens with one attached hydrogen (secondary N) is 2. The van der Waals surface area contributed by atoms with Crippen LogP contribution in [0.1, 0.15) is 63.0 Å². The van der Waals surface area contributed by atoms with Crippen molar-refractivity contribution in [3.05, 3.63) is 59.7 Å². The first-order chi connectivity index (χ1) is 16.7. The van der Waals surface area contributed by atoms with Crippen LogP contribution in [0.25, 0.3) is 11.1 Å². The zero-order valence-corrected chi connectivity index (χ0v) is 20.2. The molecule has 3 N–H and O–H groups in total. The van der Waals surface area contributed by atoms with Crippen LogP contribution >= 0.6 is 0 Å². The first kappa shape index (κ1) is 23.4. The van der Waals surface area contributed by atoms with Gasteiger partial charge >= 0.3 is 12.1 Å². The molecule has 0 heterocycles. The average molecular weight is 477 g/mol. The maximum atomic E-state index is 13.3. The minimum absolute atomic E-state index is 0.0739. The summed E-state index contributed by atoms with van der Waals surface area (Å²) >= 11 is 0. The van der Waals surface area contributed by atoms with E-state index in [0.717, 1.165) is 41.5 Å². The third-order valence-corrected chi connectivity index (χ3v) is 8.11. The highest BCUT2D eigenvalue weighted by molar-refractivity contribution is 5.94. The van der Waals surface area contributed by atoms with Gasteiger partial charge < -0.3 is 20.5 Å². The number of alkyl carbamates (subject to hydrolysis) is 1. The predicted molar refractivity (Wildman–Crippen MR) is 131 cm³/mol. The average Bonchev–Trinajstić information content (AvgIpc) is 3.10. The minimum atomic E-state index is -1.13. The molecule has 35 heavy (non-hydrogen) atoms. The number of carboxylic acid groups (broad SMARTS) is 1. The maximum Gasteiger partial charge on any atom is 0.408 e. The van der Waals surface area contributed by atoms with Gasteiger partial charge in [-0.2, -0.15) is 0 Å². The molecular weight excluding hydrogens is 444 g/mol. The van der Waals surface area contributed by atoms with Crippen molar-refractivity contribution in [2.24, 2.45) is 11.3 Å². The molecule has 1 spiro atoms. The molecule has 2 saturated carbocycles. The number of carbonyl (C=O) groups is 3. The van der Waals surface area contributed by atoms with Crippen LogP contribution in [-0.4, -0.2) is 41.3 Å². The Morgan fingerprint density at radius 2 is 1.57 bits per heavy atom. The molecular formula is C28H32N2O5. The standard InChI is InChI=1S/C28H32N2O5/c1-17(2)23(24(31)32)29-25(33)28(15-27(16-28)12-7-13-27)30-26(34)35-14-22-20-10-5-3-8-18(20)19-9-4-6-11-21(19)22/h3-6,8-11,17,22-23H,7,12-16H2,1-2H3,(H,29,33)(H,30,34)(H,31,32)/t23-/m1/s1. The van der Waals surface area contributed by atoms with E-state index in [1.807, 2.05) is 24.3 Å². The second-order valence-electron chi connectivity index (χ2n) is 10.8. The molecule has 7 heteroatoms. The molecule has 2 aromatic rings. The van der Waals surface area contributed by atoms with Gasteiger partial charge in [0.25, 0.3) is 0 Å². The van der Waals surface area contributed by atoms with Crippen molar-refractivity contribution < 1.29 is 24.2 Å². The molecule has 1 atom stereocenters. The largest absolute Gasteiger partial charge is 0.480 e. The number of hydrogen-bond donors (Lipinski definition) is 3. The number of amides is 2. The van der Waals surface area contributed by atoms with Crippen molar-refractivity contribution in [2.45, 2.75) is 63.5 Å². The maximum absolute atomic E-state index is 13.3. The molecule has 3 aliphatic carbocycles. The highest BCUT2D eigenvalue weighted by Gasteiger charge is 2.62. The van der Waals surface area contributed by atoms with E-state index in [0.29, 0.717) is 12.8 Å². The lowest BCUT2D eigenvalue weighted by Gasteiger charge is -2.59. The van der Waals surface area contributed by atoms with Crippen molar-refractivity contribution >= 4 is 18.0 Å². The van der Waals surface area contributed by atoms with Gasteiger partial charge in [-0.15, -0.1) is 0 Å². The Morgan fingerprint density at radius 1 is 1.00 bits per heavy atom. The monoisotopic (exact) mass is 476 g/mol. The van der Waals surface area contributed by atoms with Crippen LogP contribution in [0, 0.1) is 11.3 Å². The first-order valence-electron chi connectivity index (χ1n) is 12.4. The number of rotatable bonds is 7. The Hall–Kier alpha value is -3.35. The van der Waals surface area contributed by atoms with Crippen LogP contribution in [0.3, 0.4) is 0 Å². The fraction of sp³-hybridized carbons (Fsp3) is 0.464. The van der Waals surface area contributed by atoms with Crippen molar-refractivity contribution in [1.82, 2.24) is 10.6 Å². The molecule has 0 aromatic heterocycles. The Labute approximate surface area is 205 Å². The van der Waals surface area contributed by atoms with Crippen LogP contribution in [0.4, 0.5) is 4.79 Å². The van der Waals surface area contributed by atoms with E-state index in [9.17, 15) is 19.5 Å². The fourth-order valence-corrected chi connectivity index (χ4v) is 6.19. The number of benzene rings is 2. The molecule has 0 saturated heterocycles. The number of fused-ring (bicyclic) bond motifs is 3. The van der Waals surface area contributed by atoms with Gasteiger partial charge in [0, 0.05) is 5.92 Å². The Bertz CT molecular complexity index is 1120. The quantitative estimate of drug-likeness (QED) is 0.548. The van der Waals surface area contributed by atoms with Crippen molar-refractivity contribution in [2.75, 3.05) is 6.61 Å². The summed E-state index contributed by atoms with van der Waals surface area (Å²) in [5, 5.41) is 15.0. The van der Waals surface area contributed by atoms with Gasteiger partial charge in [-0.05, 0) is 59.3 Å². The van der Waals surface area contributed by atoms with Gasteiger partial charge in [0.15, 0.2) is 0 Å². The second kappa shape index (κ2) is 8.70. The van der Waals surface area contributed by atoms with Gasteiger partial charge in [0.1, 0.15) is 18.2 Å². The van der Waals surface area contributed by atoms with E-state index in [2.05, 4.69) is 34.9 Å². The molecule has 2 fully saturated rings. The van der Waals surface area contributed by atoms with E-state index >= 15 is 0 Å². The summed E-state index contributed by atoms with van der Waals surface area (Å²) in [6.45, 7) is 3.66. The fourth-order valence-electron chi connectivity index (χ4n) is 6.19. The lowest BCUT2D eigenvalue weighted by atomic mass is 9.48. The van der Waals surface area contributed by atoms with Crippen LogP contribution in [0.2, 0.25) is 0 Å². The van der Waals surface area contributed by atoms with Crippen molar-refractivity contribution in [1.29, 1.82) is 0 Å². The third kappa shape index (κ3) is 4.07. The molecule has 2 aromatic carbocycles. The van der Waals surface area contributed by atoms with Crippen LogP contribution < -0.4 is 10.6 Å². The Kier molecular flexibility index (Phi) is 5.82. The van der Waals surface area contributed by atoms with E-state index in [-0.39, 0.29) is 23.9 Å². The Morgan fingerprint density at radius 3 is 2.06 bits per heavy atom. The summed E-state index contributed by atoms with van der Waals surface area (Å²) in [5.74, 6) is -1.87. The molecule has 5 rings (SSSR count). The van der Waals surface area contributed by atoms with Crippen LogP contribution in [0.5, 0.6) is 0 Å². The summed E-state index contributed by atoms with van der Waals surface area (Å²) in [5.41, 5.74) is 3.47. The summed E-state index contributed by atoms with van der Waals surface area (Å²) in [6.07, 6.45) is 3.56. The second-order valence-corrected chi connectivity index (χ2v) is 10.8.